The number of hydrogen-bond donors (Lipinski definition) is 1. The number of carbonyl (C=O) groups excluding carboxylic acids is 1. The van der Waals surface area contributed by atoms with E-state index in [0.29, 0.717) is 11.7 Å². The lowest BCUT2D eigenvalue weighted by Crippen LogP contribution is -2.05. The van der Waals surface area contributed by atoms with Crippen LogP contribution < -0.4 is 5.32 Å². The molecule has 2 heterocycles. The van der Waals surface area contributed by atoms with Crippen LogP contribution in [0.5, 0.6) is 0 Å². The zero-order valence-corrected chi connectivity index (χ0v) is 17.4. The summed E-state index contributed by atoms with van der Waals surface area (Å²) >= 11 is 0. The van der Waals surface area contributed by atoms with Crippen LogP contribution in [0.3, 0.4) is 0 Å². The SMILES string of the molecule is Cc1ccc(-c2cc(Nc3ncc(C4CC4)cc3C(=O)N=O)cc3ccn(C)c23)cc1. The van der Waals surface area contributed by atoms with Crippen molar-refractivity contribution in [2.75, 3.05) is 5.32 Å². The monoisotopic (exact) mass is 410 g/mol. The standard InChI is InChI=1S/C25H22N4O2/c1-15-3-5-17(6-4-15)21-13-20(11-18-9-10-29(2)23(18)21)27-24-22(25(30)28-31)12-19(14-26-24)16-7-8-16/h3-6,9-14,16H,7-8H2,1-2H3,(H,26,27). The molecule has 31 heavy (non-hydrogen) atoms. The Bertz CT molecular complexity index is 1320. The van der Waals surface area contributed by atoms with Gasteiger partial charge in [0.05, 0.1) is 11.1 Å². The first-order valence-electron chi connectivity index (χ1n) is 10.3. The van der Waals surface area contributed by atoms with Crippen LogP contribution in [0, 0.1) is 11.8 Å². The number of aromatic nitrogens is 2. The quantitative estimate of drug-likeness (QED) is 0.405. The van der Waals surface area contributed by atoms with Gasteiger partial charge in [-0.1, -0.05) is 29.8 Å². The molecular weight excluding hydrogens is 388 g/mol. The summed E-state index contributed by atoms with van der Waals surface area (Å²) in [6, 6.07) is 16.3. The number of amides is 1. The number of rotatable bonds is 5. The molecule has 1 saturated carbocycles. The van der Waals surface area contributed by atoms with Gasteiger partial charge in [0.2, 0.25) is 0 Å². The van der Waals surface area contributed by atoms with Gasteiger partial charge in [-0.05, 0) is 61.1 Å². The van der Waals surface area contributed by atoms with E-state index in [0.717, 1.165) is 46.1 Å². The Kier molecular flexibility index (Phi) is 4.62. The molecular formula is C25H22N4O2. The van der Waals surface area contributed by atoms with Crippen LogP contribution in [0.15, 0.2) is 66.1 Å². The zero-order valence-electron chi connectivity index (χ0n) is 17.4. The van der Waals surface area contributed by atoms with Crippen molar-refractivity contribution < 1.29 is 4.79 Å². The van der Waals surface area contributed by atoms with E-state index in [4.69, 9.17) is 0 Å². The van der Waals surface area contributed by atoms with Gasteiger partial charge < -0.3 is 9.88 Å². The van der Waals surface area contributed by atoms with Gasteiger partial charge in [-0.15, -0.1) is 4.91 Å². The second-order valence-electron chi connectivity index (χ2n) is 8.21. The second kappa shape index (κ2) is 7.47. The molecule has 1 N–H and O–H groups in total. The van der Waals surface area contributed by atoms with Crippen molar-refractivity contribution in [2.45, 2.75) is 25.7 Å². The van der Waals surface area contributed by atoms with Crippen LogP contribution in [-0.4, -0.2) is 15.5 Å². The van der Waals surface area contributed by atoms with Gasteiger partial charge in [0.15, 0.2) is 0 Å². The molecule has 154 valence electrons. The lowest BCUT2D eigenvalue weighted by atomic mass is 10.0. The summed E-state index contributed by atoms with van der Waals surface area (Å²) < 4.78 is 2.10. The van der Waals surface area contributed by atoms with Crippen molar-refractivity contribution in [3.8, 4) is 11.1 Å². The van der Waals surface area contributed by atoms with E-state index in [9.17, 15) is 9.70 Å². The highest BCUT2D eigenvalue weighted by atomic mass is 16.3. The molecule has 6 nitrogen and oxygen atoms in total. The van der Waals surface area contributed by atoms with Crippen LogP contribution in [0.2, 0.25) is 0 Å². The van der Waals surface area contributed by atoms with Gasteiger partial charge in [0.1, 0.15) is 5.82 Å². The maximum Gasteiger partial charge on any atom is 0.320 e. The molecule has 0 saturated heterocycles. The molecule has 1 fully saturated rings. The topological polar surface area (TPSA) is 76.3 Å². The molecule has 6 heteroatoms. The molecule has 1 amide bonds. The normalized spacial score (nSPS) is 13.4. The number of hydrogen-bond acceptors (Lipinski definition) is 4. The van der Waals surface area contributed by atoms with Crippen LogP contribution in [-0.2, 0) is 7.05 Å². The fraction of sp³-hybridized carbons (Fsp3) is 0.200. The Morgan fingerprint density at radius 1 is 1.13 bits per heavy atom. The predicted molar refractivity (Wildman–Crippen MR) is 123 cm³/mol. The van der Waals surface area contributed by atoms with E-state index in [1.807, 2.05) is 25.4 Å². The Morgan fingerprint density at radius 2 is 1.90 bits per heavy atom. The Balaban J connectivity index is 1.61. The van der Waals surface area contributed by atoms with E-state index in [1.54, 1.807) is 12.3 Å². The summed E-state index contributed by atoms with van der Waals surface area (Å²) in [6.07, 6.45) is 5.98. The van der Waals surface area contributed by atoms with Crippen LogP contribution in [0.4, 0.5) is 11.5 Å². The average Bonchev–Trinajstić information content (AvgIpc) is 3.57. The number of nitrogens with one attached hydrogen (secondary N) is 1. The van der Waals surface area contributed by atoms with Gasteiger partial charge in [0, 0.05) is 41.3 Å². The fourth-order valence-electron chi connectivity index (χ4n) is 4.04. The van der Waals surface area contributed by atoms with Crippen molar-refractivity contribution >= 4 is 28.3 Å². The Morgan fingerprint density at radius 3 is 2.61 bits per heavy atom. The van der Waals surface area contributed by atoms with Crippen molar-refractivity contribution in [3.63, 3.8) is 0 Å². The molecule has 1 aliphatic rings. The van der Waals surface area contributed by atoms with Gasteiger partial charge in [-0.2, -0.15) is 0 Å². The predicted octanol–water partition coefficient (Wildman–Crippen LogP) is 6.08. The molecule has 1 aliphatic carbocycles. The van der Waals surface area contributed by atoms with E-state index < -0.39 is 5.91 Å². The van der Waals surface area contributed by atoms with E-state index >= 15 is 0 Å². The minimum absolute atomic E-state index is 0.212. The summed E-state index contributed by atoms with van der Waals surface area (Å²) in [5.74, 6) is -0.0373. The smallest absolute Gasteiger partial charge is 0.320 e. The summed E-state index contributed by atoms with van der Waals surface area (Å²) in [5.41, 5.74) is 6.48. The molecule has 0 atom stereocenters. The molecule has 2 aromatic carbocycles. The van der Waals surface area contributed by atoms with Gasteiger partial charge in [-0.3, -0.25) is 4.79 Å². The van der Waals surface area contributed by atoms with E-state index in [-0.39, 0.29) is 5.56 Å². The van der Waals surface area contributed by atoms with Gasteiger partial charge in [-0.25, -0.2) is 4.98 Å². The summed E-state index contributed by atoms with van der Waals surface area (Å²) in [7, 11) is 2.03. The highest BCUT2D eigenvalue weighted by Crippen LogP contribution is 2.41. The molecule has 0 spiro atoms. The molecule has 0 radical (unpaired) electrons. The number of pyridine rings is 1. The van der Waals surface area contributed by atoms with Crippen molar-refractivity contribution in [3.05, 3.63) is 82.5 Å². The first-order valence-corrected chi connectivity index (χ1v) is 10.3. The van der Waals surface area contributed by atoms with Crippen molar-refractivity contribution in [1.82, 2.24) is 9.55 Å². The molecule has 0 bridgehead atoms. The molecule has 0 aliphatic heterocycles. The lowest BCUT2D eigenvalue weighted by molar-refractivity contribution is 0.100. The van der Waals surface area contributed by atoms with Crippen molar-refractivity contribution in [2.24, 2.45) is 12.2 Å². The second-order valence-corrected chi connectivity index (χ2v) is 8.21. The number of fused-ring (bicyclic) bond motifs is 1. The minimum atomic E-state index is -0.808. The van der Waals surface area contributed by atoms with Gasteiger partial charge in [0.25, 0.3) is 0 Å². The Hall–Kier alpha value is -3.80. The summed E-state index contributed by atoms with van der Waals surface area (Å²) in [5, 5.41) is 6.96. The Labute approximate surface area is 179 Å². The minimum Gasteiger partial charge on any atom is -0.350 e. The number of aryl methyl sites for hydroxylation is 2. The maximum absolute atomic E-state index is 12.2. The summed E-state index contributed by atoms with van der Waals surface area (Å²) in [6.45, 7) is 2.07. The fourth-order valence-corrected chi connectivity index (χ4v) is 4.04. The number of carbonyl (C=O) groups is 1. The third-order valence-corrected chi connectivity index (χ3v) is 5.87. The van der Waals surface area contributed by atoms with Crippen molar-refractivity contribution in [1.29, 1.82) is 0 Å². The number of nitroso groups, excluding NO2 is 1. The molecule has 4 aromatic rings. The zero-order chi connectivity index (χ0) is 21.5. The first-order chi connectivity index (χ1) is 15.0. The number of nitrogens with zero attached hydrogens (tertiary/aromatic N) is 3. The molecule has 0 unspecified atom stereocenters. The third kappa shape index (κ3) is 3.61. The number of benzene rings is 2. The lowest BCUT2D eigenvalue weighted by Gasteiger charge is -2.14. The maximum atomic E-state index is 12.2. The highest BCUT2D eigenvalue weighted by molar-refractivity contribution is 6.01. The molecule has 2 aromatic heterocycles. The highest BCUT2D eigenvalue weighted by Gasteiger charge is 2.26. The number of anilines is 2. The third-order valence-electron chi connectivity index (χ3n) is 5.87. The largest absolute Gasteiger partial charge is 0.350 e. The molecule has 5 rings (SSSR count). The first kappa shape index (κ1) is 19.2. The summed E-state index contributed by atoms with van der Waals surface area (Å²) in [4.78, 5) is 27.7. The van der Waals surface area contributed by atoms with Crippen LogP contribution in [0.25, 0.3) is 22.0 Å². The van der Waals surface area contributed by atoms with E-state index in [1.165, 1.54) is 5.56 Å². The van der Waals surface area contributed by atoms with E-state index in [2.05, 4.69) is 57.3 Å². The average molecular weight is 410 g/mol. The van der Waals surface area contributed by atoms with Gasteiger partial charge >= 0.3 is 5.91 Å². The van der Waals surface area contributed by atoms with Crippen LogP contribution in [0.1, 0.15) is 40.2 Å². The van der Waals surface area contributed by atoms with Crippen LogP contribution >= 0.6 is 0 Å².